The van der Waals surface area contributed by atoms with Gasteiger partial charge in [-0.25, -0.2) is 4.68 Å². The molecule has 0 atom stereocenters. The van der Waals surface area contributed by atoms with Crippen LogP contribution in [0.3, 0.4) is 0 Å². The van der Waals surface area contributed by atoms with Crippen molar-refractivity contribution in [1.29, 1.82) is 0 Å². The molecule has 0 bridgehead atoms. The summed E-state index contributed by atoms with van der Waals surface area (Å²) in [4.78, 5) is 3.24. The van der Waals surface area contributed by atoms with Crippen LogP contribution in [0.1, 0.15) is 26.5 Å². The standard InChI is InChI=1S/C12H18N4S/c1-5-16-11-10(9(4)14-16)13-12(17)15(11)7-6-8(2)3/h6H,5,7H2,1-4H3,(H,13,17). The molecule has 0 spiro atoms. The highest BCUT2D eigenvalue weighted by Crippen LogP contribution is 2.18. The zero-order chi connectivity index (χ0) is 12.6. The second kappa shape index (κ2) is 4.49. The lowest BCUT2D eigenvalue weighted by atomic mass is 10.3. The van der Waals surface area contributed by atoms with E-state index in [9.17, 15) is 0 Å². The third-order valence-corrected chi connectivity index (χ3v) is 3.14. The molecule has 0 unspecified atom stereocenters. The number of aromatic nitrogens is 4. The monoisotopic (exact) mass is 250 g/mol. The maximum absolute atomic E-state index is 5.36. The number of aromatic amines is 1. The molecule has 0 aromatic carbocycles. The fourth-order valence-electron chi connectivity index (χ4n) is 1.92. The maximum Gasteiger partial charge on any atom is 0.179 e. The molecule has 0 aliphatic heterocycles. The zero-order valence-electron chi connectivity index (χ0n) is 10.7. The fourth-order valence-corrected chi connectivity index (χ4v) is 2.19. The molecule has 0 aliphatic carbocycles. The quantitative estimate of drug-likeness (QED) is 0.671. The first-order chi connectivity index (χ1) is 8.04. The number of nitrogens with one attached hydrogen (secondary N) is 1. The van der Waals surface area contributed by atoms with Crippen molar-refractivity contribution in [2.24, 2.45) is 0 Å². The van der Waals surface area contributed by atoms with Gasteiger partial charge in [-0.05, 0) is 39.9 Å². The van der Waals surface area contributed by atoms with Gasteiger partial charge < -0.3 is 4.98 Å². The maximum atomic E-state index is 5.36. The molecular weight excluding hydrogens is 232 g/mol. The number of nitrogens with zero attached hydrogens (tertiary/aromatic N) is 3. The molecule has 0 fully saturated rings. The van der Waals surface area contributed by atoms with Crippen LogP contribution in [0, 0.1) is 11.7 Å². The Balaban J connectivity index is 2.64. The summed E-state index contributed by atoms with van der Waals surface area (Å²) in [6.07, 6.45) is 2.17. The van der Waals surface area contributed by atoms with Gasteiger partial charge in [0.15, 0.2) is 10.4 Å². The van der Waals surface area contributed by atoms with E-state index in [0.29, 0.717) is 0 Å². The van der Waals surface area contributed by atoms with Crippen LogP contribution in [0.5, 0.6) is 0 Å². The Morgan fingerprint density at radius 1 is 1.47 bits per heavy atom. The molecule has 4 nitrogen and oxygen atoms in total. The summed E-state index contributed by atoms with van der Waals surface area (Å²) in [7, 11) is 0. The molecule has 5 heteroatoms. The predicted octanol–water partition coefficient (Wildman–Crippen LogP) is 3.19. The minimum atomic E-state index is 0.764. The van der Waals surface area contributed by atoms with E-state index in [0.717, 1.165) is 34.7 Å². The summed E-state index contributed by atoms with van der Waals surface area (Å²) in [6, 6.07) is 0. The number of fused-ring (bicyclic) bond motifs is 1. The number of imidazole rings is 1. The van der Waals surface area contributed by atoms with Gasteiger partial charge in [0, 0.05) is 13.1 Å². The van der Waals surface area contributed by atoms with E-state index < -0.39 is 0 Å². The van der Waals surface area contributed by atoms with Crippen molar-refractivity contribution in [1.82, 2.24) is 19.3 Å². The lowest BCUT2D eigenvalue weighted by Crippen LogP contribution is -2.04. The van der Waals surface area contributed by atoms with Crippen molar-refractivity contribution in [3.8, 4) is 0 Å². The number of aryl methyl sites for hydroxylation is 2. The SMILES string of the molecule is CCn1nc(C)c2[nH]c(=S)n(CC=C(C)C)c21. The Labute approximate surface area is 106 Å². The van der Waals surface area contributed by atoms with Gasteiger partial charge in [0.05, 0.1) is 5.69 Å². The summed E-state index contributed by atoms with van der Waals surface area (Å²) in [5.41, 5.74) is 4.44. The minimum Gasteiger partial charge on any atom is -0.328 e. The van der Waals surface area contributed by atoms with Crippen molar-refractivity contribution in [3.05, 3.63) is 22.1 Å². The van der Waals surface area contributed by atoms with Crippen LogP contribution in [-0.2, 0) is 13.1 Å². The van der Waals surface area contributed by atoms with Crippen molar-refractivity contribution in [2.75, 3.05) is 0 Å². The van der Waals surface area contributed by atoms with Crippen LogP contribution >= 0.6 is 12.2 Å². The number of rotatable bonds is 3. The first kappa shape index (κ1) is 12.1. The number of hydrogen-bond donors (Lipinski definition) is 1. The zero-order valence-corrected chi connectivity index (χ0v) is 11.6. The molecule has 2 rings (SSSR count). The Kier molecular flexibility index (Phi) is 3.19. The Morgan fingerprint density at radius 3 is 2.76 bits per heavy atom. The fraction of sp³-hybridized carbons (Fsp3) is 0.500. The van der Waals surface area contributed by atoms with E-state index in [1.165, 1.54) is 5.57 Å². The Morgan fingerprint density at radius 2 is 2.18 bits per heavy atom. The molecule has 0 saturated heterocycles. The number of hydrogen-bond acceptors (Lipinski definition) is 2. The second-order valence-corrected chi connectivity index (χ2v) is 4.81. The van der Waals surface area contributed by atoms with Gasteiger partial charge in [-0.15, -0.1) is 0 Å². The molecule has 0 amide bonds. The van der Waals surface area contributed by atoms with E-state index in [2.05, 4.69) is 41.5 Å². The number of H-pyrrole nitrogens is 1. The highest BCUT2D eigenvalue weighted by atomic mass is 32.1. The first-order valence-corrected chi connectivity index (χ1v) is 6.24. The normalized spacial score (nSPS) is 11.1. The smallest absolute Gasteiger partial charge is 0.179 e. The van der Waals surface area contributed by atoms with Crippen LogP contribution in [0.25, 0.3) is 11.2 Å². The molecule has 2 aromatic rings. The Hall–Kier alpha value is -1.36. The van der Waals surface area contributed by atoms with Gasteiger partial charge >= 0.3 is 0 Å². The van der Waals surface area contributed by atoms with E-state index in [1.807, 2.05) is 11.6 Å². The average Bonchev–Trinajstić information content (AvgIpc) is 2.74. The van der Waals surface area contributed by atoms with Gasteiger partial charge in [0.2, 0.25) is 0 Å². The van der Waals surface area contributed by atoms with Crippen molar-refractivity contribution in [3.63, 3.8) is 0 Å². The third-order valence-electron chi connectivity index (χ3n) is 2.82. The second-order valence-electron chi connectivity index (χ2n) is 4.42. The van der Waals surface area contributed by atoms with Gasteiger partial charge in [-0.1, -0.05) is 11.6 Å². The van der Waals surface area contributed by atoms with Gasteiger partial charge in [-0.2, -0.15) is 5.10 Å². The molecule has 92 valence electrons. The molecule has 2 aromatic heterocycles. The molecular formula is C12H18N4S. The largest absolute Gasteiger partial charge is 0.328 e. The van der Waals surface area contributed by atoms with E-state index in [-0.39, 0.29) is 0 Å². The summed E-state index contributed by atoms with van der Waals surface area (Å²) in [5.74, 6) is 0. The highest BCUT2D eigenvalue weighted by Gasteiger charge is 2.12. The molecule has 17 heavy (non-hydrogen) atoms. The van der Waals surface area contributed by atoms with Gasteiger partial charge in [0.25, 0.3) is 0 Å². The summed E-state index contributed by atoms with van der Waals surface area (Å²) >= 11 is 5.36. The molecule has 0 radical (unpaired) electrons. The molecule has 0 saturated carbocycles. The van der Waals surface area contributed by atoms with Crippen LogP contribution in [0.2, 0.25) is 0 Å². The predicted molar refractivity (Wildman–Crippen MR) is 72.7 cm³/mol. The van der Waals surface area contributed by atoms with Gasteiger partial charge in [0.1, 0.15) is 5.52 Å². The first-order valence-electron chi connectivity index (χ1n) is 5.84. The van der Waals surface area contributed by atoms with Crippen LogP contribution in [0.15, 0.2) is 11.6 Å². The average molecular weight is 250 g/mol. The summed E-state index contributed by atoms with van der Waals surface area (Å²) in [5, 5.41) is 4.49. The third kappa shape index (κ3) is 2.07. The van der Waals surface area contributed by atoms with E-state index in [1.54, 1.807) is 0 Å². The Bertz CT molecular complexity index is 623. The van der Waals surface area contributed by atoms with Gasteiger partial charge in [-0.3, -0.25) is 4.57 Å². The summed E-state index contributed by atoms with van der Waals surface area (Å²) < 4.78 is 4.86. The lowest BCUT2D eigenvalue weighted by molar-refractivity contribution is 0.645. The van der Waals surface area contributed by atoms with Crippen molar-refractivity contribution in [2.45, 2.75) is 40.8 Å². The minimum absolute atomic E-state index is 0.764. The topological polar surface area (TPSA) is 38.5 Å². The van der Waals surface area contributed by atoms with Crippen LogP contribution in [-0.4, -0.2) is 19.3 Å². The van der Waals surface area contributed by atoms with Crippen molar-refractivity contribution >= 4 is 23.4 Å². The molecule has 2 heterocycles. The molecule has 1 N–H and O–H groups in total. The highest BCUT2D eigenvalue weighted by molar-refractivity contribution is 7.71. The van der Waals surface area contributed by atoms with Crippen molar-refractivity contribution < 1.29 is 0 Å². The van der Waals surface area contributed by atoms with E-state index in [4.69, 9.17) is 12.2 Å². The van der Waals surface area contributed by atoms with Crippen LogP contribution < -0.4 is 0 Å². The lowest BCUT2D eigenvalue weighted by Gasteiger charge is -2.03. The van der Waals surface area contributed by atoms with Crippen LogP contribution in [0.4, 0.5) is 0 Å². The number of allylic oxidation sites excluding steroid dienone is 2. The summed E-state index contributed by atoms with van der Waals surface area (Å²) in [6.45, 7) is 9.93. The van der Waals surface area contributed by atoms with E-state index >= 15 is 0 Å². The molecule has 0 aliphatic rings.